The molecule has 0 bridgehead atoms. The summed E-state index contributed by atoms with van der Waals surface area (Å²) < 4.78 is 18.7. The van der Waals surface area contributed by atoms with E-state index in [4.69, 9.17) is 4.74 Å². The van der Waals surface area contributed by atoms with Crippen molar-refractivity contribution in [1.82, 2.24) is 14.8 Å². The van der Waals surface area contributed by atoms with Gasteiger partial charge in [-0.15, -0.1) is 0 Å². The Labute approximate surface area is 201 Å². The Morgan fingerprint density at radius 1 is 1.12 bits per heavy atom. The first kappa shape index (κ1) is 23.9. The summed E-state index contributed by atoms with van der Waals surface area (Å²) in [6.45, 7) is 2.17. The Morgan fingerprint density at radius 3 is 2.56 bits per heavy atom. The minimum atomic E-state index is -0.327. The molecule has 4 rings (SSSR count). The van der Waals surface area contributed by atoms with Crippen LogP contribution in [0.1, 0.15) is 34.5 Å². The van der Waals surface area contributed by atoms with Crippen LogP contribution in [0.5, 0.6) is 5.75 Å². The normalized spacial score (nSPS) is 15.4. The van der Waals surface area contributed by atoms with E-state index in [9.17, 15) is 9.18 Å². The van der Waals surface area contributed by atoms with Gasteiger partial charge in [-0.2, -0.15) is 0 Å². The maximum absolute atomic E-state index is 13.2. The highest BCUT2D eigenvalue weighted by molar-refractivity contribution is 5.94. The molecule has 3 aromatic rings. The molecule has 2 aromatic carbocycles. The number of halogens is 1. The topological polar surface area (TPSA) is 45.7 Å². The second kappa shape index (κ2) is 11.3. The third-order valence-corrected chi connectivity index (χ3v) is 6.74. The van der Waals surface area contributed by atoms with E-state index >= 15 is 0 Å². The van der Waals surface area contributed by atoms with Gasteiger partial charge in [0.15, 0.2) is 0 Å². The molecule has 1 aromatic heterocycles. The Hall–Kier alpha value is -3.25. The van der Waals surface area contributed by atoms with Crippen LogP contribution in [0.4, 0.5) is 4.39 Å². The van der Waals surface area contributed by atoms with Gasteiger partial charge < -0.3 is 9.64 Å². The molecule has 6 heteroatoms. The summed E-state index contributed by atoms with van der Waals surface area (Å²) in [6.07, 6.45) is 4.58. The second-order valence-corrected chi connectivity index (χ2v) is 9.00. The van der Waals surface area contributed by atoms with E-state index in [-0.39, 0.29) is 11.7 Å². The number of benzene rings is 2. The summed E-state index contributed by atoms with van der Waals surface area (Å²) in [5.41, 5.74) is 2.83. The second-order valence-electron chi connectivity index (χ2n) is 9.00. The number of amides is 1. The van der Waals surface area contributed by atoms with Gasteiger partial charge in [0.1, 0.15) is 11.6 Å². The summed E-state index contributed by atoms with van der Waals surface area (Å²) in [7, 11) is 3.85. The number of aromatic nitrogens is 1. The monoisotopic (exact) mass is 461 g/mol. The lowest BCUT2D eigenvalue weighted by Gasteiger charge is -2.40. The van der Waals surface area contributed by atoms with Crippen molar-refractivity contribution in [2.24, 2.45) is 5.92 Å². The lowest BCUT2D eigenvalue weighted by atomic mass is 9.84. The molecule has 1 aliphatic heterocycles. The quantitative estimate of drug-likeness (QED) is 0.482. The van der Waals surface area contributed by atoms with Gasteiger partial charge in [0, 0.05) is 37.4 Å². The van der Waals surface area contributed by atoms with Crippen LogP contribution in [-0.2, 0) is 13.0 Å². The zero-order valence-corrected chi connectivity index (χ0v) is 19.9. The summed E-state index contributed by atoms with van der Waals surface area (Å²) >= 11 is 0. The molecule has 1 aliphatic rings. The number of likely N-dealkylation sites (N-methyl/N-ethyl adjacent to an activating group) is 1. The van der Waals surface area contributed by atoms with Crippen molar-refractivity contribution in [2.75, 3.05) is 27.2 Å². The average molecular weight is 462 g/mol. The van der Waals surface area contributed by atoms with Crippen molar-refractivity contribution in [3.8, 4) is 5.75 Å². The summed E-state index contributed by atoms with van der Waals surface area (Å²) in [6, 6.07) is 20.4. The van der Waals surface area contributed by atoms with Crippen molar-refractivity contribution in [2.45, 2.75) is 31.8 Å². The van der Waals surface area contributed by atoms with E-state index in [1.807, 2.05) is 35.4 Å². The van der Waals surface area contributed by atoms with Crippen molar-refractivity contribution >= 4 is 5.91 Å². The van der Waals surface area contributed by atoms with Crippen LogP contribution in [0.15, 0.2) is 72.9 Å². The number of likely N-dealkylation sites (tertiary alicyclic amines) is 1. The molecule has 0 saturated carbocycles. The molecule has 1 amide bonds. The maximum atomic E-state index is 13.2. The molecule has 1 saturated heterocycles. The first-order valence-corrected chi connectivity index (χ1v) is 11.8. The fourth-order valence-corrected chi connectivity index (χ4v) is 4.85. The predicted octanol–water partition coefficient (Wildman–Crippen LogP) is 4.82. The highest BCUT2D eigenvalue weighted by Crippen LogP contribution is 2.28. The Kier molecular flexibility index (Phi) is 7.91. The molecular weight excluding hydrogens is 429 g/mol. The number of piperidine rings is 1. The number of methoxy groups -OCH3 is 1. The highest BCUT2D eigenvalue weighted by Gasteiger charge is 2.31. The zero-order valence-electron chi connectivity index (χ0n) is 19.9. The van der Waals surface area contributed by atoms with Crippen molar-refractivity contribution in [3.05, 3.63) is 95.6 Å². The van der Waals surface area contributed by atoms with Crippen molar-refractivity contribution in [3.63, 3.8) is 0 Å². The van der Waals surface area contributed by atoms with E-state index in [2.05, 4.69) is 35.1 Å². The van der Waals surface area contributed by atoms with E-state index in [0.717, 1.165) is 37.3 Å². The summed E-state index contributed by atoms with van der Waals surface area (Å²) in [4.78, 5) is 21.7. The number of carbonyl (C=O) groups excluding carboxylic acids is 1. The molecule has 5 nitrogen and oxygen atoms in total. The number of pyridine rings is 1. The first-order valence-electron chi connectivity index (χ1n) is 11.8. The highest BCUT2D eigenvalue weighted by atomic mass is 19.1. The van der Waals surface area contributed by atoms with Crippen LogP contribution in [0.3, 0.4) is 0 Å². The SMILES string of the molecule is COc1cccc(C[C@@H](C2CCN(C(=O)c3ccc(F)cc3)CC2)N(C)Cc2ccccn2)c1. The smallest absolute Gasteiger partial charge is 0.253 e. The maximum Gasteiger partial charge on any atom is 0.253 e. The number of hydrogen-bond acceptors (Lipinski definition) is 4. The first-order chi connectivity index (χ1) is 16.5. The zero-order chi connectivity index (χ0) is 23.9. The van der Waals surface area contributed by atoms with Gasteiger partial charge in [0.25, 0.3) is 5.91 Å². The molecule has 1 atom stereocenters. The van der Waals surface area contributed by atoms with Crippen LogP contribution < -0.4 is 4.74 Å². The van der Waals surface area contributed by atoms with E-state index < -0.39 is 0 Å². The number of hydrogen-bond donors (Lipinski definition) is 0. The van der Waals surface area contributed by atoms with Crippen LogP contribution in [0.2, 0.25) is 0 Å². The van der Waals surface area contributed by atoms with Crippen LogP contribution in [-0.4, -0.2) is 54.0 Å². The molecule has 178 valence electrons. The van der Waals surface area contributed by atoms with E-state index in [1.54, 1.807) is 19.2 Å². The Bertz CT molecular complexity index is 1070. The van der Waals surface area contributed by atoms with Gasteiger partial charge in [-0.3, -0.25) is 14.7 Å². The van der Waals surface area contributed by atoms with Gasteiger partial charge >= 0.3 is 0 Å². The molecule has 0 spiro atoms. The molecule has 34 heavy (non-hydrogen) atoms. The van der Waals surface area contributed by atoms with E-state index in [1.165, 1.54) is 17.7 Å². The number of ether oxygens (including phenoxy) is 1. The third kappa shape index (κ3) is 6.00. The fourth-order valence-electron chi connectivity index (χ4n) is 4.85. The van der Waals surface area contributed by atoms with E-state index in [0.29, 0.717) is 30.6 Å². The minimum absolute atomic E-state index is 0.0235. The Morgan fingerprint density at radius 2 is 1.88 bits per heavy atom. The average Bonchev–Trinajstić information content (AvgIpc) is 2.88. The summed E-state index contributed by atoms with van der Waals surface area (Å²) in [5, 5.41) is 0. The van der Waals surface area contributed by atoms with Gasteiger partial charge in [-0.25, -0.2) is 4.39 Å². The van der Waals surface area contributed by atoms with Gasteiger partial charge in [-0.05, 0) is 86.3 Å². The van der Waals surface area contributed by atoms with Gasteiger partial charge in [-0.1, -0.05) is 18.2 Å². The molecule has 0 radical (unpaired) electrons. The lowest BCUT2D eigenvalue weighted by molar-refractivity contribution is 0.0601. The van der Waals surface area contributed by atoms with Crippen molar-refractivity contribution < 1.29 is 13.9 Å². The number of nitrogens with zero attached hydrogens (tertiary/aromatic N) is 3. The van der Waals surface area contributed by atoms with Crippen LogP contribution in [0, 0.1) is 11.7 Å². The minimum Gasteiger partial charge on any atom is -0.497 e. The Balaban J connectivity index is 1.47. The molecule has 1 fully saturated rings. The number of carbonyl (C=O) groups is 1. The van der Waals surface area contributed by atoms with Gasteiger partial charge in [0.2, 0.25) is 0 Å². The number of rotatable bonds is 8. The standard InChI is InChI=1S/C28H32FN3O2/c1-31(20-25-7-3-4-15-30-25)27(19-21-6-5-8-26(18-21)34-2)22-13-16-32(17-14-22)28(33)23-9-11-24(29)12-10-23/h3-12,15,18,22,27H,13-14,16-17,19-20H2,1-2H3/t27-/m0/s1. The molecular formula is C28H32FN3O2. The lowest BCUT2D eigenvalue weighted by Crippen LogP contribution is -2.46. The molecule has 0 N–H and O–H groups in total. The fraction of sp³-hybridized carbons (Fsp3) is 0.357. The van der Waals surface area contributed by atoms with Crippen LogP contribution in [0.25, 0.3) is 0 Å². The third-order valence-electron chi connectivity index (χ3n) is 6.74. The predicted molar refractivity (Wildman–Crippen MR) is 131 cm³/mol. The van der Waals surface area contributed by atoms with Gasteiger partial charge in [0.05, 0.1) is 12.8 Å². The molecule has 0 aliphatic carbocycles. The largest absolute Gasteiger partial charge is 0.497 e. The van der Waals surface area contributed by atoms with Crippen LogP contribution >= 0.6 is 0 Å². The van der Waals surface area contributed by atoms with Crippen molar-refractivity contribution in [1.29, 1.82) is 0 Å². The molecule has 0 unspecified atom stereocenters. The molecule has 2 heterocycles. The summed E-state index contributed by atoms with van der Waals surface area (Å²) in [5.74, 6) is 0.955.